The number of nitrogens with one attached hydrogen (secondary N) is 1. The molecule has 0 heterocycles. The van der Waals surface area contributed by atoms with E-state index in [1.165, 1.54) is 12.1 Å². The lowest BCUT2D eigenvalue weighted by molar-refractivity contribution is -0.146. The lowest BCUT2D eigenvalue weighted by Crippen LogP contribution is -2.36. The van der Waals surface area contributed by atoms with Gasteiger partial charge in [0.2, 0.25) is 0 Å². The highest BCUT2D eigenvalue weighted by molar-refractivity contribution is 6.30. The van der Waals surface area contributed by atoms with E-state index in [0.29, 0.717) is 18.2 Å². The summed E-state index contributed by atoms with van der Waals surface area (Å²) >= 11 is 5.80. The number of hydrogen-bond acceptors (Lipinski definition) is 3. The smallest absolute Gasteiger partial charge is 0.327 e. The molecule has 5 heteroatoms. The van der Waals surface area contributed by atoms with E-state index in [0.717, 1.165) is 25.7 Å². The zero-order chi connectivity index (χ0) is 14.5. The van der Waals surface area contributed by atoms with Gasteiger partial charge in [-0.1, -0.05) is 30.5 Å². The molecule has 0 saturated heterocycles. The van der Waals surface area contributed by atoms with E-state index in [-0.39, 0.29) is 11.0 Å². The van der Waals surface area contributed by atoms with Gasteiger partial charge in [0.25, 0.3) is 0 Å². The van der Waals surface area contributed by atoms with Crippen LogP contribution in [0.5, 0.6) is 0 Å². The maximum Gasteiger partial charge on any atom is 0.327 e. The topological polar surface area (TPSA) is 38.3 Å². The second-order valence-corrected chi connectivity index (χ2v) is 5.41. The summed E-state index contributed by atoms with van der Waals surface area (Å²) in [7, 11) is 0. The van der Waals surface area contributed by atoms with Gasteiger partial charge < -0.3 is 4.74 Å². The normalized spacial score (nSPS) is 17.1. The minimum Gasteiger partial charge on any atom is -0.465 e. The lowest BCUT2D eigenvalue weighted by Gasteiger charge is -2.22. The Morgan fingerprint density at radius 2 is 2.20 bits per heavy atom. The molecule has 2 rings (SSSR count). The maximum atomic E-state index is 13.2. The van der Waals surface area contributed by atoms with Crippen molar-refractivity contribution in [2.75, 3.05) is 6.61 Å². The maximum absolute atomic E-state index is 13.2. The molecule has 0 aliphatic heterocycles. The van der Waals surface area contributed by atoms with Crippen molar-refractivity contribution in [1.29, 1.82) is 0 Å². The molecule has 0 bridgehead atoms. The first-order chi connectivity index (χ1) is 9.61. The van der Waals surface area contributed by atoms with E-state index >= 15 is 0 Å². The van der Waals surface area contributed by atoms with Crippen LogP contribution in [-0.4, -0.2) is 18.6 Å². The van der Waals surface area contributed by atoms with Crippen LogP contribution in [0.25, 0.3) is 0 Å². The van der Waals surface area contributed by atoms with E-state index in [1.54, 1.807) is 13.0 Å². The molecule has 0 radical (unpaired) electrons. The minimum atomic E-state index is -0.587. The van der Waals surface area contributed by atoms with Crippen LogP contribution in [0.1, 0.15) is 44.2 Å². The molecule has 1 saturated carbocycles. The van der Waals surface area contributed by atoms with Crippen molar-refractivity contribution in [3.05, 3.63) is 34.6 Å². The molecule has 1 fully saturated rings. The Bertz CT molecular complexity index is 475. The third-order valence-corrected chi connectivity index (χ3v) is 3.85. The highest BCUT2D eigenvalue weighted by atomic mass is 35.5. The number of hydrogen-bond donors (Lipinski definition) is 1. The molecular formula is C15H19ClFNO2. The molecule has 1 N–H and O–H groups in total. The lowest BCUT2D eigenvalue weighted by atomic mass is 10.1. The third-order valence-electron chi connectivity index (χ3n) is 3.56. The first kappa shape index (κ1) is 15.3. The molecular weight excluding hydrogens is 281 g/mol. The molecule has 0 amide bonds. The van der Waals surface area contributed by atoms with E-state index in [1.807, 2.05) is 0 Å². The summed E-state index contributed by atoms with van der Waals surface area (Å²) in [6, 6.07) is 4.05. The van der Waals surface area contributed by atoms with Gasteiger partial charge in [0.05, 0.1) is 11.6 Å². The predicted octanol–water partition coefficient (Wildman–Crippen LogP) is 3.62. The summed E-state index contributed by atoms with van der Waals surface area (Å²) in [5, 5.41) is 3.33. The van der Waals surface area contributed by atoms with E-state index in [4.69, 9.17) is 16.3 Å². The number of carbonyl (C=O) groups is 1. The number of carbonyl (C=O) groups excluding carboxylic acids is 1. The third kappa shape index (κ3) is 3.70. The molecule has 1 aromatic rings. The van der Waals surface area contributed by atoms with Gasteiger partial charge in [-0.3, -0.25) is 5.32 Å². The molecule has 1 atom stereocenters. The van der Waals surface area contributed by atoms with Gasteiger partial charge in [0, 0.05) is 6.04 Å². The van der Waals surface area contributed by atoms with Gasteiger partial charge in [-0.05, 0) is 37.5 Å². The van der Waals surface area contributed by atoms with Crippen molar-refractivity contribution in [2.45, 2.75) is 44.7 Å². The van der Waals surface area contributed by atoms with E-state index in [9.17, 15) is 9.18 Å². The number of halogens is 2. The Labute approximate surface area is 123 Å². The fraction of sp³-hybridized carbons (Fsp3) is 0.533. The number of ether oxygens (including phenoxy) is 1. The molecule has 1 aromatic carbocycles. The Balaban J connectivity index is 2.19. The molecule has 110 valence electrons. The first-order valence-electron chi connectivity index (χ1n) is 6.99. The van der Waals surface area contributed by atoms with Crippen molar-refractivity contribution in [1.82, 2.24) is 5.32 Å². The van der Waals surface area contributed by atoms with Gasteiger partial charge in [-0.15, -0.1) is 0 Å². The highest BCUT2D eigenvalue weighted by Crippen LogP contribution is 2.25. The van der Waals surface area contributed by atoms with Gasteiger partial charge >= 0.3 is 5.97 Å². The van der Waals surface area contributed by atoms with Crippen molar-refractivity contribution >= 4 is 17.6 Å². The van der Waals surface area contributed by atoms with Crippen LogP contribution in [0.15, 0.2) is 18.2 Å². The Hall–Kier alpha value is -1.13. The largest absolute Gasteiger partial charge is 0.465 e. The van der Waals surface area contributed by atoms with Crippen LogP contribution in [0, 0.1) is 5.82 Å². The van der Waals surface area contributed by atoms with E-state index in [2.05, 4.69) is 5.32 Å². The van der Waals surface area contributed by atoms with Crippen LogP contribution < -0.4 is 5.32 Å². The van der Waals surface area contributed by atoms with Crippen LogP contribution in [0.4, 0.5) is 4.39 Å². The first-order valence-corrected chi connectivity index (χ1v) is 7.37. The average Bonchev–Trinajstić information content (AvgIpc) is 2.92. The second kappa shape index (κ2) is 7.04. The summed E-state index contributed by atoms with van der Waals surface area (Å²) in [6.07, 6.45) is 4.42. The quantitative estimate of drug-likeness (QED) is 0.844. The molecule has 20 heavy (non-hydrogen) atoms. The molecule has 0 spiro atoms. The summed E-state index contributed by atoms with van der Waals surface area (Å²) in [6.45, 7) is 2.08. The van der Waals surface area contributed by atoms with Crippen molar-refractivity contribution in [3.63, 3.8) is 0 Å². The van der Waals surface area contributed by atoms with Crippen molar-refractivity contribution < 1.29 is 13.9 Å². The zero-order valence-electron chi connectivity index (χ0n) is 11.5. The summed E-state index contributed by atoms with van der Waals surface area (Å²) < 4.78 is 18.3. The van der Waals surface area contributed by atoms with Crippen LogP contribution in [-0.2, 0) is 9.53 Å². The SMILES string of the molecule is CCOC(=O)C(NC1CCCC1)c1ccc(F)c(Cl)c1. The fourth-order valence-electron chi connectivity index (χ4n) is 2.55. The molecule has 0 aromatic heterocycles. The van der Waals surface area contributed by atoms with Crippen LogP contribution >= 0.6 is 11.6 Å². The Kier molecular flexibility index (Phi) is 5.38. The van der Waals surface area contributed by atoms with Crippen LogP contribution in [0.2, 0.25) is 5.02 Å². The number of benzene rings is 1. The summed E-state index contributed by atoms with van der Waals surface area (Å²) in [5.41, 5.74) is 0.641. The Morgan fingerprint density at radius 3 is 2.80 bits per heavy atom. The highest BCUT2D eigenvalue weighted by Gasteiger charge is 2.27. The van der Waals surface area contributed by atoms with Gasteiger partial charge in [-0.25, -0.2) is 9.18 Å². The number of esters is 1. The number of rotatable bonds is 5. The van der Waals surface area contributed by atoms with Gasteiger partial charge in [-0.2, -0.15) is 0 Å². The van der Waals surface area contributed by atoms with Gasteiger partial charge in [0.1, 0.15) is 11.9 Å². The summed E-state index contributed by atoms with van der Waals surface area (Å²) in [5.74, 6) is -0.832. The molecule has 3 nitrogen and oxygen atoms in total. The van der Waals surface area contributed by atoms with E-state index < -0.39 is 11.9 Å². The molecule has 1 aliphatic rings. The second-order valence-electron chi connectivity index (χ2n) is 5.01. The Morgan fingerprint density at radius 1 is 1.50 bits per heavy atom. The van der Waals surface area contributed by atoms with Crippen LogP contribution in [0.3, 0.4) is 0 Å². The summed E-state index contributed by atoms with van der Waals surface area (Å²) in [4.78, 5) is 12.1. The predicted molar refractivity (Wildman–Crippen MR) is 76.2 cm³/mol. The van der Waals surface area contributed by atoms with Gasteiger partial charge in [0.15, 0.2) is 0 Å². The van der Waals surface area contributed by atoms with Crippen molar-refractivity contribution in [3.8, 4) is 0 Å². The zero-order valence-corrected chi connectivity index (χ0v) is 12.3. The standard InChI is InChI=1S/C15H19ClFNO2/c1-2-20-15(19)14(18-11-5-3-4-6-11)10-7-8-13(17)12(16)9-10/h7-9,11,14,18H,2-6H2,1H3. The minimum absolute atomic E-state index is 0.0185. The molecule has 1 unspecified atom stereocenters. The van der Waals surface area contributed by atoms with Crippen molar-refractivity contribution in [2.24, 2.45) is 0 Å². The average molecular weight is 300 g/mol. The molecule has 1 aliphatic carbocycles. The fourth-order valence-corrected chi connectivity index (χ4v) is 2.74. The monoisotopic (exact) mass is 299 g/mol.